The minimum Gasteiger partial charge on any atom is -0.466 e. The first kappa shape index (κ1) is 14.8. The molecule has 1 saturated carbocycles. The van der Waals surface area contributed by atoms with Crippen LogP contribution < -0.4 is 0 Å². The smallest absolute Gasteiger partial charge is 0.307 e. The largest absolute Gasteiger partial charge is 0.466 e. The van der Waals surface area contributed by atoms with Crippen LogP contribution in [-0.4, -0.2) is 49.3 Å². The van der Waals surface area contributed by atoms with E-state index in [-0.39, 0.29) is 17.6 Å². The lowest BCUT2D eigenvalue weighted by molar-refractivity contribution is -0.152. The fourth-order valence-electron chi connectivity index (χ4n) is 3.83. The van der Waals surface area contributed by atoms with Gasteiger partial charge in [0.05, 0.1) is 24.7 Å². The zero-order valence-electron chi connectivity index (χ0n) is 12.3. The Bertz CT molecular complexity index is 298. The van der Waals surface area contributed by atoms with Crippen molar-refractivity contribution in [3.63, 3.8) is 0 Å². The Kier molecular flexibility index (Phi) is 5.22. The van der Waals surface area contributed by atoms with Crippen LogP contribution in [0.3, 0.4) is 0 Å². The van der Waals surface area contributed by atoms with Gasteiger partial charge in [0.25, 0.3) is 0 Å². The standard InChI is InChI=1S/C15H27NO3/c1-3-19-14(17)12-15(16-10-6-7-11-16)9-5-4-8-13(15)18-2/h13H,3-12H2,1-2H3. The van der Waals surface area contributed by atoms with Crippen LogP contribution in [0.25, 0.3) is 0 Å². The maximum Gasteiger partial charge on any atom is 0.307 e. The molecule has 2 fully saturated rings. The normalized spacial score (nSPS) is 32.4. The maximum atomic E-state index is 12.0. The molecular formula is C15H27NO3. The van der Waals surface area contributed by atoms with Gasteiger partial charge in [-0.25, -0.2) is 0 Å². The second kappa shape index (κ2) is 6.71. The molecule has 0 N–H and O–H groups in total. The van der Waals surface area contributed by atoms with Crippen LogP contribution >= 0.6 is 0 Å². The Balaban J connectivity index is 2.17. The van der Waals surface area contributed by atoms with Gasteiger partial charge in [0.15, 0.2) is 0 Å². The predicted octanol–water partition coefficient (Wildman–Crippen LogP) is 2.36. The molecule has 4 heteroatoms. The van der Waals surface area contributed by atoms with Crippen LogP contribution in [0.4, 0.5) is 0 Å². The number of ether oxygens (including phenoxy) is 2. The maximum absolute atomic E-state index is 12.0. The quantitative estimate of drug-likeness (QED) is 0.718. The summed E-state index contributed by atoms with van der Waals surface area (Å²) in [5.41, 5.74) is -0.115. The average Bonchev–Trinajstić information content (AvgIpc) is 2.93. The van der Waals surface area contributed by atoms with E-state index in [0.29, 0.717) is 13.0 Å². The number of carbonyl (C=O) groups is 1. The highest BCUT2D eigenvalue weighted by atomic mass is 16.5. The first-order chi connectivity index (χ1) is 9.23. The summed E-state index contributed by atoms with van der Waals surface area (Å²) >= 11 is 0. The number of nitrogens with zero attached hydrogens (tertiary/aromatic N) is 1. The first-order valence-electron chi connectivity index (χ1n) is 7.66. The van der Waals surface area contributed by atoms with Crippen molar-refractivity contribution in [2.24, 2.45) is 0 Å². The lowest BCUT2D eigenvalue weighted by atomic mass is 9.75. The lowest BCUT2D eigenvalue weighted by Crippen LogP contribution is -2.59. The van der Waals surface area contributed by atoms with Gasteiger partial charge in [-0.2, -0.15) is 0 Å². The molecule has 2 aliphatic rings. The van der Waals surface area contributed by atoms with Gasteiger partial charge in [-0.3, -0.25) is 9.69 Å². The third-order valence-corrected chi connectivity index (χ3v) is 4.70. The average molecular weight is 269 g/mol. The van der Waals surface area contributed by atoms with Gasteiger partial charge < -0.3 is 9.47 Å². The summed E-state index contributed by atoms with van der Waals surface area (Å²) in [4.78, 5) is 14.5. The van der Waals surface area contributed by atoms with Gasteiger partial charge in [0, 0.05) is 7.11 Å². The molecule has 110 valence electrons. The molecule has 2 atom stereocenters. The highest BCUT2D eigenvalue weighted by Gasteiger charge is 2.48. The Labute approximate surface area is 116 Å². The number of likely N-dealkylation sites (tertiary alicyclic amines) is 1. The van der Waals surface area contributed by atoms with Crippen molar-refractivity contribution >= 4 is 5.97 Å². The Morgan fingerprint density at radius 1 is 1.26 bits per heavy atom. The summed E-state index contributed by atoms with van der Waals surface area (Å²) in [7, 11) is 1.78. The summed E-state index contributed by atoms with van der Waals surface area (Å²) in [6, 6.07) is 0. The highest BCUT2D eigenvalue weighted by molar-refractivity contribution is 5.71. The third kappa shape index (κ3) is 3.11. The topological polar surface area (TPSA) is 38.8 Å². The van der Waals surface area contributed by atoms with Crippen LogP contribution in [0.2, 0.25) is 0 Å². The van der Waals surface area contributed by atoms with E-state index >= 15 is 0 Å². The van der Waals surface area contributed by atoms with Gasteiger partial charge in [0.2, 0.25) is 0 Å². The van der Waals surface area contributed by atoms with Gasteiger partial charge in [0.1, 0.15) is 0 Å². The van der Waals surface area contributed by atoms with Crippen LogP contribution in [-0.2, 0) is 14.3 Å². The number of esters is 1. The van der Waals surface area contributed by atoms with Crippen molar-refractivity contribution in [1.29, 1.82) is 0 Å². The molecular weight excluding hydrogens is 242 g/mol. The van der Waals surface area contributed by atoms with Crippen molar-refractivity contribution in [2.75, 3.05) is 26.8 Å². The molecule has 0 aromatic heterocycles. The van der Waals surface area contributed by atoms with Crippen molar-refractivity contribution in [1.82, 2.24) is 4.90 Å². The molecule has 1 heterocycles. The van der Waals surface area contributed by atoms with E-state index in [2.05, 4.69) is 4.90 Å². The van der Waals surface area contributed by atoms with Crippen LogP contribution in [0.1, 0.15) is 51.9 Å². The van der Waals surface area contributed by atoms with E-state index in [4.69, 9.17) is 9.47 Å². The van der Waals surface area contributed by atoms with E-state index < -0.39 is 0 Å². The molecule has 1 aliphatic carbocycles. The van der Waals surface area contributed by atoms with E-state index in [9.17, 15) is 4.79 Å². The predicted molar refractivity (Wildman–Crippen MR) is 74.1 cm³/mol. The van der Waals surface area contributed by atoms with Crippen molar-refractivity contribution in [3.05, 3.63) is 0 Å². The molecule has 0 bridgehead atoms. The Morgan fingerprint density at radius 3 is 2.63 bits per heavy atom. The van der Waals surface area contributed by atoms with Gasteiger partial charge in [-0.05, 0) is 45.7 Å². The summed E-state index contributed by atoms with van der Waals surface area (Å²) in [5.74, 6) is -0.0710. The molecule has 1 saturated heterocycles. The molecule has 19 heavy (non-hydrogen) atoms. The number of hydrogen-bond acceptors (Lipinski definition) is 4. The van der Waals surface area contributed by atoms with Crippen molar-refractivity contribution in [3.8, 4) is 0 Å². The fraction of sp³-hybridized carbons (Fsp3) is 0.933. The number of rotatable bonds is 5. The van der Waals surface area contributed by atoms with E-state index in [1.807, 2.05) is 6.92 Å². The summed E-state index contributed by atoms with van der Waals surface area (Å²) in [6.45, 7) is 4.53. The fourth-order valence-corrected chi connectivity index (χ4v) is 3.83. The highest BCUT2D eigenvalue weighted by Crippen LogP contribution is 2.40. The third-order valence-electron chi connectivity index (χ3n) is 4.70. The molecule has 0 amide bonds. The molecule has 0 radical (unpaired) electrons. The van der Waals surface area contributed by atoms with Crippen molar-refractivity contribution < 1.29 is 14.3 Å². The molecule has 2 rings (SSSR count). The lowest BCUT2D eigenvalue weighted by Gasteiger charge is -2.49. The van der Waals surface area contributed by atoms with Gasteiger partial charge >= 0.3 is 5.97 Å². The van der Waals surface area contributed by atoms with E-state index in [1.54, 1.807) is 7.11 Å². The summed E-state index contributed by atoms with van der Waals surface area (Å²) in [5, 5.41) is 0. The monoisotopic (exact) mass is 269 g/mol. The number of methoxy groups -OCH3 is 1. The van der Waals surface area contributed by atoms with Crippen LogP contribution in [0, 0.1) is 0 Å². The number of carbonyl (C=O) groups excluding carboxylic acids is 1. The minimum absolute atomic E-state index is 0.0710. The molecule has 1 aliphatic heterocycles. The Morgan fingerprint density at radius 2 is 2.00 bits per heavy atom. The first-order valence-corrected chi connectivity index (χ1v) is 7.66. The second-order valence-electron chi connectivity index (χ2n) is 5.75. The Hall–Kier alpha value is -0.610. The SMILES string of the molecule is CCOC(=O)CC1(N2CCCC2)CCCCC1OC. The van der Waals surface area contributed by atoms with Crippen molar-refractivity contribution in [2.45, 2.75) is 63.5 Å². The summed E-state index contributed by atoms with van der Waals surface area (Å²) < 4.78 is 11.0. The molecule has 0 aromatic carbocycles. The molecule has 4 nitrogen and oxygen atoms in total. The summed E-state index contributed by atoms with van der Waals surface area (Å²) in [6.07, 6.45) is 7.65. The van der Waals surface area contributed by atoms with Crippen LogP contribution in [0.15, 0.2) is 0 Å². The molecule has 0 spiro atoms. The van der Waals surface area contributed by atoms with Gasteiger partial charge in [-0.1, -0.05) is 12.8 Å². The zero-order chi connectivity index (χ0) is 13.7. The van der Waals surface area contributed by atoms with Gasteiger partial charge in [-0.15, -0.1) is 0 Å². The van der Waals surface area contributed by atoms with E-state index in [1.165, 1.54) is 25.7 Å². The minimum atomic E-state index is -0.115. The molecule has 2 unspecified atom stereocenters. The zero-order valence-corrected chi connectivity index (χ0v) is 12.3. The van der Waals surface area contributed by atoms with Crippen LogP contribution in [0.5, 0.6) is 0 Å². The molecule has 0 aromatic rings. The number of hydrogen-bond donors (Lipinski definition) is 0. The van der Waals surface area contributed by atoms with E-state index in [0.717, 1.165) is 25.9 Å². The second-order valence-corrected chi connectivity index (χ2v) is 5.75.